The summed E-state index contributed by atoms with van der Waals surface area (Å²) in [6.07, 6.45) is 3.92. The maximum atomic E-state index is 5.34. The zero-order valence-corrected chi connectivity index (χ0v) is 7.76. The molecule has 0 aliphatic rings. The van der Waals surface area contributed by atoms with Crippen LogP contribution in [-0.4, -0.2) is 16.5 Å². The fraction of sp³-hybridized carbons (Fsp3) is 0.500. The fourth-order valence-corrected chi connectivity index (χ4v) is 1.21. The lowest BCUT2D eigenvalue weighted by Crippen LogP contribution is -2.00. The van der Waals surface area contributed by atoms with Gasteiger partial charge in [-0.05, 0) is 42.0 Å². The average molecular weight is 251 g/mol. The monoisotopic (exact) mass is 251 g/mol. The Morgan fingerprint density at radius 2 is 2.50 bits per heavy atom. The Bertz CT molecular complexity index is 197. The van der Waals surface area contributed by atoms with Crippen molar-refractivity contribution in [2.24, 2.45) is 5.73 Å². The average Bonchev–Trinajstić information content (AvgIpc) is 2.31. The Morgan fingerprint density at radius 1 is 1.70 bits per heavy atom. The van der Waals surface area contributed by atoms with Crippen molar-refractivity contribution in [3.8, 4) is 0 Å². The van der Waals surface area contributed by atoms with Gasteiger partial charge < -0.3 is 10.7 Å². The van der Waals surface area contributed by atoms with Crippen LogP contribution in [0.2, 0.25) is 0 Å². The van der Waals surface area contributed by atoms with Crippen LogP contribution in [0.5, 0.6) is 0 Å². The van der Waals surface area contributed by atoms with Crippen LogP contribution < -0.4 is 5.73 Å². The van der Waals surface area contributed by atoms with Gasteiger partial charge >= 0.3 is 0 Å². The summed E-state index contributed by atoms with van der Waals surface area (Å²) >= 11 is 2.15. The molecule has 0 atom stereocenters. The first kappa shape index (κ1) is 8.00. The summed E-state index contributed by atoms with van der Waals surface area (Å²) in [6, 6.07) is 0. The number of aromatic nitrogens is 2. The number of hydrogen-bond acceptors (Lipinski definition) is 2. The molecule has 1 heterocycles. The summed E-state index contributed by atoms with van der Waals surface area (Å²) in [5.74, 6) is 0. The van der Waals surface area contributed by atoms with Crippen LogP contribution >= 0.6 is 22.6 Å². The second-order valence-electron chi connectivity index (χ2n) is 2.07. The van der Waals surface area contributed by atoms with Crippen molar-refractivity contribution < 1.29 is 0 Å². The highest BCUT2D eigenvalue weighted by Gasteiger charge is 1.95. The van der Waals surface area contributed by atoms with Gasteiger partial charge in [-0.1, -0.05) is 0 Å². The quantitative estimate of drug-likeness (QED) is 0.784. The van der Waals surface area contributed by atoms with Gasteiger partial charge in [0.25, 0.3) is 0 Å². The molecule has 56 valence electrons. The molecule has 0 spiro atoms. The molecule has 3 N–H and O–H groups in total. The molecular weight excluding hydrogens is 241 g/mol. The lowest BCUT2D eigenvalue weighted by Gasteiger charge is -1.89. The zero-order chi connectivity index (χ0) is 7.40. The number of nitrogens with zero attached hydrogens (tertiary/aromatic N) is 1. The standard InChI is InChI=1S/C6H10IN3/c7-6-9-4-5(10-6)2-1-3-8/h4H,1-3,8H2,(H,9,10). The third kappa shape index (κ3) is 2.26. The molecule has 0 saturated carbocycles. The number of H-pyrrole nitrogens is 1. The lowest BCUT2D eigenvalue weighted by molar-refractivity contribution is 0.814. The van der Waals surface area contributed by atoms with Crippen molar-refractivity contribution in [3.63, 3.8) is 0 Å². The van der Waals surface area contributed by atoms with Crippen LogP contribution in [0, 0.1) is 3.83 Å². The predicted octanol–water partition coefficient (Wildman–Crippen LogP) is 0.906. The van der Waals surface area contributed by atoms with Crippen molar-refractivity contribution in [2.45, 2.75) is 12.8 Å². The molecule has 0 aliphatic carbocycles. The van der Waals surface area contributed by atoms with E-state index in [1.165, 1.54) is 0 Å². The molecule has 0 fully saturated rings. The molecule has 0 saturated heterocycles. The molecule has 10 heavy (non-hydrogen) atoms. The second kappa shape index (κ2) is 3.92. The predicted molar refractivity (Wildman–Crippen MR) is 48.7 cm³/mol. The number of halogens is 1. The van der Waals surface area contributed by atoms with Gasteiger partial charge in [0.15, 0.2) is 3.83 Å². The number of rotatable bonds is 3. The first-order valence-corrected chi connectivity index (χ1v) is 4.30. The molecule has 0 unspecified atom stereocenters. The van der Waals surface area contributed by atoms with Crippen LogP contribution in [0.3, 0.4) is 0 Å². The van der Waals surface area contributed by atoms with Gasteiger partial charge in [0, 0.05) is 6.20 Å². The molecule has 1 aromatic heterocycles. The highest BCUT2D eigenvalue weighted by Crippen LogP contribution is 2.01. The third-order valence-electron chi connectivity index (χ3n) is 1.24. The van der Waals surface area contributed by atoms with Gasteiger partial charge in [0.2, 0.25) is 0 Å². The summed E-state index contributed by atoms with van der Waals surface area (Å²) in [5, 5.41) is 0. The summed E-state index contributed by atoms with van der Waals surface area (Å²) in [4.78, 5) is 7.24. The van der Waals surface area contributed by atoms with E-state index in [2.05, 4.69) is 32.6 Å². The van der Waals surface area contributed by atoms with Crippen molar-refractivity contribution in [2.75, 3.05) is 6.54 Å². The van der Waals surface area contributed by atoms with E-state index in [9.17, 15) is 0 Å². The van der Waals surface area contributed by atoms with E-state index in [-0.39, 0.29) is 0 Å². The molecule has 0 bridgehead atoms. The number of aryl methyl sites for hydroxylation is 1. The smallest absolute Gasteiger partial charge is 0.168 e. The van der Waals surface area contributed by atoms with Crippen LogP contribution in [0.15, 0.2) is 6.20 Å². The number of nitrogens with two attached hydrogens (primary N) is 1. The molecule has 0 radical (unpaired) electrons. The maximum Gasteiger partial charge on any atom is 0.168 e. The van der Waals surface area contributed by atoms with Gasteiger partial charge in [-0.2, -0.15) is 0 Å². The summed E-state index contributed by atoms with van der Waals surface area (Å²) < 4.78 is 0.949. The van der Waals surface area contributed by atoms with E-state index in [1.807, 2.05) is 6.20 Å². The highest BCUT2D eigenvalue weighted by atomic mass is 127. The van der Waals surface area contributed by atoms with E-state index in [1.54, 1.807) is 0 Å². The summed E-state index contributed by atoms with van der Waals surface area (Å²) in [5.41, 5.74) is 6.45. The third-order valence-corrected chi connectivity index (χ3v) is 1.79. The van der Waals surface area contributed by atoms with E-state index in [0.29, 0.717) is 0 Å². The minimum atomic E-state index is 0.740. The maximum absolute atomic E-state index is 5.34. The Morgan fingerprint density at radius 3 is 3.00 bits per heavy atom. The second-order valence-corrected chi connectivity index (χ2v) is 3.10. The molecule has 1 aromatic rings. The minimum absolute atomic E-state index is 0.740. The Balaban J connectivity index is 2.42. The zero-order valence-electron chi connectivity index (χ0n) is 5.60. The number of nitrogens with one attached hydrogen (secondary N) is 1. The van der Waals surface area contributed by atoms with Gasteiger partial charge in [-0.3, -0.25) is 0 Å². The van der Waals surface area contributed by atoms with Crippen molar-refractivity contribution in [1.29, 1.82) is 0 Å². The van der Waals surface area contributed by atoms with E-state index in [0.717, 1.165) is 28.9 Å². The molecule has 0 amide bonds. The van der Waals surface area contributed by atoms with Crippen LogP contribution in [0.25, 0.3) is 0 Å². The first-order valence-electron chi connectivity index (χ1n) is 3.23. The Labute approximate surface area is 73.6 Å². The van der Waals surface area contributed by atoms with Gasteiger partial charge in [0.05, 0.1) is 5.69 Å². The SMILES string of the molecule is NCCCc1c[nH]c(I)n1. The van der Waals surface area contributed by atoms with Gasteiger partial charge in [-0.25, -0.2) is 4.98 Å². The van der Waals surface area contributed by atoms with Crippen molar-refractivity contribution in [1.82, 2.24) is 9.97 Å². The van der Waals surface area contributed by atoms with E-state index < -0.39 is 0 Å². The van der Waals surface area contributed by atoms with Crippen molar-refractivity contribution in [3.05, 3.63) is 15.7 Å². The molecule has 4 heteroatoms. The Hall–Kier alpha value is -0.100. The Kier molecular flexibility index (Phi) is 3.14. The summed E-state index contributed by atoms with van der Waals surface area (Å²) in [6.45, 7) is 0.740. The van der Waals surface area contributed by atoms with Gasteiger partial charge in [-0.15, -0.1) is 0 Å². The molecular formula is C6H10IN3. The number of aromatic amines is 1. The topological polar surface area (TPSA) is 54.7 Å². The highest BCUT2D eigenvalue weighted by molar-refractivity contribution is 14.1. The first-order chi connectivity index (χ1) is 4.83. The van der Waals surface area contributed by atoms with Crippen LogP contribution in [0.4, 0.5) is 0 Å². The molecule has 0 aromatic carbocycles. The largest absolute Gasteiger partial charge is 0.340 e. The van der Waals surface area contributed by atoms with Crippen molar-refractivity contribution >= 4 is 22.6 Å². The summed E-state index contributed by atoms with van der Waals surface area (Å²) in [7, 11) is 0. The van der Waals surface area contributed by atoms with E-state index >= 15 is 0 Å². The fourth-order valence-electron chi connectivity index (χ4n) is 0.745. The minimum Gasteiger partial charge on any atom is -0.340 e. The lowest BCUT2D eigenvalue weighted by atomic mass is 10.2. The number of hydrogen-bond donors (Lipinski definition) is 2. The van der Waals surface area contributed by atoms with E-state index in [4.69, 9.17) is 5.73 Å². The number of imidazole rings is 1. The van der Waals surface area contributed by atoms with Crippen LogP contribution in [0.1, 0.15) is 12.1 Å². The molecule has 3 nitrogen and oxygen atoms in total. The normalized spacial score (nSPS) is 10.2. The molecule has 0 aliphatic heterocycles. The molecule has 1 rings (SSSR count). The van der Waals surface area contributed by atoms with Crippen LogP contribution in [-0.2, 0) is 6.42 Å². The van der Waals surface area contributed by atoms with Gasteiger partial charge in [0.1, 0.15) is 0 Å².